The summed E-state index contributed by atoms with van der Waals surface area (Å²) in [5, 5.41) is 0. The third-order valence-electron chi connectivity index (χ3n) is 2.45. The van der Waals surface area contributed by atoms with Gasteiger partial charge in [-0.15, -0.1) is 6.58 Å². The fourth-order valence-electron chi connectivity index (χ4n) is 1.37. The van der Waals surface area contributed by atoms with E-state index in [9.17, 15) is 13.2 Å². The zero-order chi connectivity index (χ0) is 13.6. The second kappa shape index (κ2) is 6.31. The Labute approximate surface area is 108 Å². The largest absolute Gasteiger partial charge is 0.293 e. The molecule has 0 radical (unpaired) electrons. The van der Waals surface area contributed by atoms with Crippen LogP contribution in [0.1, 0.15) is 13.3 Å². The van der Waals surface area contributed by atoms with Crippen LogP contribution in [0.3, 0.4) is 0 Å². The smallest absolute Gasteiger partial charge is 0.185 e. The normalized spacial score (nSPS) is 12.2. The SMILES string of the molecule is C=CC/C=C(\C)C(=O)CS(=O)(=O)c1ccccc1. The van der Waals surface area contributed by atoms with Crippen LogP contribution in [0.25, 0.3) is 0 Å². The van der Waals surface area contributed by atoms with Gasteiger partial charge in [0.15, 0.2) is 15.6 Å². The number of benzene rings is 1. The molecule has 0 heterocycles. The van der Waals surface area contributed by atoms with E-state index < -0.39 is 15.6 Å². The van der Waals surface area contributed by atoms with Crippen LogP contribution in [0.15, 0.2) is 59.5 Å². The molecule has 1 rings (SSSR count). The molecule has 0 atom stereocenters. The molecule has 0 spiro atoms. The van der Waals surface area contributed by atoms with Crippen LogP contribution in [0.2, 0.25) is 0 Å². The Morgan fingerprint density at radius 2 is 1.89 bits per heavy atom. The number of hydrogen-bond donors (Lipinski definition) is 0. The molecule has 0 fully saturated rings. The van der Waals surface area contributed by atoms with Gasteiger partial charge in [0.2, 0.25) is 0 Å². The highest BCUT2D eigenvalue weighted by molar-refractivity contribution is 7.92. The van der Waals surface area contributed by atoms with Crippen molar-refractivity contribution in [3.8, 4) is 0 Å². The monoisotopic (exact) mass is 264 g/mol. The number of carbonyl (C=O) groups is 1. The Balaban J connectivity index is 2.85. The van der Waals surface area contributed by atoms with Crippen molar-refractivity contribution < 1.29 is 13.2 Å². The Hall–Kier alpha value is -1.68. The molecule has 0 bridgehead atoms. The first kappa shape index (κ1) is 14.4. The average molecular weight is 264 g/mol. The Bertz CT molecular complexity index is 554. The number of hydrogen-bond acceptors (Lipinski definition) is 3. The van der Waals surface area contributed by atoms with Crippen molar-refractivity contribution in [3.63, 3.8) is 0 Å². The summed E-state index contributed by atoms with van der Waals surface area (Å²) >= 11 is 0. The minimum Gasteiger partial charge on any atom is -0.293 e. The maximum absolute atomic E-state index is 12.0. The second-order valence-electron chi connectivity index (χ2n) is 3.91. The standard InChI is InChI=1S/C14H16O3S/c1-3-4-8-12(2)14(15)11-18(16,17)13-9-6-5-7-10-13/h3,5-10H,1,4,11H2,2H3/b12-8+. The van der Waals surface area contributed by atoms with Crippen molar-refractivity contribution in [1.29, 1.82) is 0 Å². The van der Waals surface area contributed by atoms with Gasteiger partial charge >= 0.3 is 0 Å². The molecule has 1 aromatic rings. The lowest BCUT2D eigenvalue weighted by Crippen LogP contribution is -2.17. The Morgan fingerprint density at radius 3 is 2.44 bits per heavy atom. The first-order valence-corrected chi connectivity index (χ1v) is 7.21. The molecule has 96 valence electrons. The zero-order valence-corrected chi connectivity index (χ0v) is 11.1. The first-order chi connectivity index (χ1) is 8.47. The van der Waals surface area contributed by atoms with E-state index in [0.717, 1.165) is 0 Å². The van der Waals surface area contributed by atoms with E-state index >= 15 is 0 Å². The van der Waals surface area contributed by atoms with Crippen molar-refractivity contribution in [2.45, 2.75) is 18.2 Å². The van der Waals surface area contributed by atoms with Crippen molar-refractivity contribution in [2.75, 3.05) is 5.75 Å². The molecular formula is C14H16O3S. The zero-order valence-electron chi connectivity index (χ0n) is 10.3. The number of sulfone groups is 1. The van der Waals surface area contributed by atoms with E-state index in [1.54, 1.807) is 37.3 Å². The summed E-state index contributed by atoms with van der Waals surface area (Å²) in [6, 6.07) is 7.99. The van der Waals surface area contributed by atoms with E-state index in [4.69, 9.17) is 0 Å². The highest BCUT2D eigenvalue weighted by Crippen LogP contribution is 2.12. The second-order valence-corrected chi connectivity index (χ2v) is 5.90. The summed E-state index contributed by atoms with van der Waals surface area (Å²) in [4.78, 5) is 11.9. The average Bonchev–Trinajstić information content (AvgIpc) is 2.36. The number of allylic oxidation sites excluding steroid dienone is 3. The Morgan fingerprint density at radius 1 is 1.28 bits per heavy atom. The molecule has 4 heteroatoms. The van der Waals surface area contributed by atoms with Gasteiger partial charge in [0.25, 0.3) is 0 Å². The molecule has 0 saturated carbocycles. The molecule has 0 aromatic heterocycles. The highest BCUT2D eigenvalue weighted by Gasteiger charge is 2.19. The highest BCUT2D eigenvalue weighted by atomic mass is 32.2. The van der Waals surface area contributed by atoms with Gasteiger partial charge in [-0.25, -0.2) is 8.42 Å². The molecule has 0 amide bonds. The molecule has 0 aliphatic heterocycles. The maximum atomic E-state index is 12.0. The van der Waals surface area contributed by atoms with Gasteiger partial charge in [0.1, 0.15) is 5.75 Å². The van der Waals surface area contributed by atoms with E-state index in [1.165, 1.54) is 12.1 Å². The van der Waals surface area contributed by atoms with E-state index in [1.807, 2.05) is 0 Å². The lowest BCUT2D eigenvalue weighted by atomic mass is 10.2. The number of rotatable bonds is 6. The van der Waals surface area contributed by atoms with Crippen LogP contribution in [0, 0.1) is 0 Å². The van der Waals surface area contributed by atoms with Crippen LogP contribution in [-0.4, -0.2) is 20.0 Å². The van der Waals surface area contributed by atoms with Gasteiger partial charge < -0.3 is 0 Å². The summed E-state index contributed by atoms with van der Waals surface area (Å²) in [6.45, 7) is 5.16. The molecule has 0 saturated heterocycles. The van der Waals surface area contributed by atoms with Crippen LogP contribution in [-0.2, 0) is 14.6 Å². The molecule has 0 N–H and O–H groups in total. The fraction of sp³-hybridized carbons (Fsp3) is 0.214. The molecule has 1 aromatic carbocycles. The predicted molar refractivity (Wildman–Crippen MR) is 72.1 cm³/mol. The molecule has 18 heavy (non-hydrogen) atoms. The van der Waals surface area contributed by atoms with Crippen LogP contribution < -0.4 is 0 Å². The number of ketones is 1. The van der Waals surface area contributed by atoms with Gasteiger partial charge in [-0.05, 0) is 31.1 Å². The van der Waals surface area contributed by atoms with Gasteiger partial charge in [0, 0.05) is 0 Å². The van der Waals surface area contributed by atoms with E-state index in [2.05, 4.69) is 6.58 Å². The van der Waals surface area contributed by atoms with Gasteiger partial charge in [0.05, 0.1) is 4.90 Å². The predicted octanol–water partition coefficient (Wildman–Crippen LogP) is 2.55. The third-order valence-corrected chi connectivity index (χ3v) is 4.09. The minimum atomic E-state index is -3.55. The van der Waals surface area contributed by atoms with Crippen molar-refractivity contribution in [2.24, 2.45) is 0 Å². The van der Waals surface area contributed by atoms with Crippen LogP contribution in [0.4, 0.5) is 0 Å². The molecule has 3 nitrogen and oxygen atoms in total. The molecule has 0 unspecified atom stereocenters. The fourth-order valence-corrected chi connectivity index (χ4v) is 2.68. The topological polar surface area (TPSA) is 51.2 Å². The van der Waals surface area contributed by atoms with Crippen molar-refractivity contribution in [1.82, 2.24) is 0 Å². The quantitative estimate of drug-likeness (QED) is 0.586. The summed E-state index contributed by atoms with van der Waals surface area (Å²) in [6.07, 6.45) is 3.89. The van der Waals surface area contributed by atoms with Gasteiger partial charge in [-0.1, -0.05) is 30.4 Å². The molecular weight excluding hydrogens is 248 g/mol. The van der Waals surface area contributed by atoms with Gasteiger partial charge in [-0.3, -0.25) is 4.79 Å². The van der Waals surface area contributed by atoms with Gasteiger partial charge in [-0.2, -0.15) is 0 Å². The molecule has 0 aliphatic rings. The summed E-state index contributed by atoms with van der Waals surface area (Å²) < 4.78 is 23.9. The lowest BCUT2D eigenvalue weighted by molar-refractivity contribution is -0.113. The minimum absolute atomic E-state index is 0.176. The summed E-state index contributed by atoms with van der Waals surface area (Å²) in [7, 11) is -3.55. The van der Waals surface area contributed by atoms with E-state index in [0.29, 0.717) is 12.0 Å². The van der Waals surface area contributed by atoms with Crippen LogP contribution in [0.5, 0.6) is 0 Å². The van der Waals surface area contributed by atoms with E-state index in [-0.39, 0.29) is 10.7 Å². The number of carbonyl (C=O) groups excluding carboxylic acids is 1. The van der Waals surface area contributed by atoms with Crippen molar-refractivity contribution in [3.05, 3.63) is 54.6 Å². The lowest BCUT2D eigenvalue weighted by Gasteiger charge is -2.04. The molecule has 0 aliphatic carbocycles. The Kier molecular flexibility index (Phi) is 5.04. The number of Topliss-reactive ketones (excluding diaryl/α,β-unsaturated/α-hetero) is 1. The summed E-state index contributed by atoms with van der Waals surface area (Å²) in [5.41, 5.74) is 0.453. The first-order valence-electron chi connectivity index (χ1n) is 5.56. The summed E-state index contributed by atoms with van der Waals surface area (Å²) in [5.74, 6) is -0.864. The van der Waals surface area contributed by atoms with Crippen molar-refractivity contribution >= 4 is 15.6 Å². The maximum Gasteiger partial charge on any atom is 0.185 e. The van der Waals surface area contributed by atoms with Crippen LogP contribution >= 0.6 is 0 Å². The third kappa shape index (κ3) is 3.96.